The second kappa shape index (κ2) is 8.65. The van der Waals surface area contributed by atoms with Gasteiger partial charge in [-0.2, -0.15) is 0 Å². The zero-order valence-corrected chi connectivity index (χ0v) is 18.2. The van der Waals surface area contributed by atoms with Crippen molar-refractivity contribution in [3.8, 4) is 0 Å². The minimum Gasteiger partial charge on any atom is -0.321 e. The molecule has 2 N–H and O–H groups in total. The molecule has 2 aliphatic heterocycles. The van der Waals surface area contributed by atoms with Gasteiger partial charge in [0.15, 0.2) is 0 Å². The lowest BCUT2D eigenvalue weighted by molar-refractivity contribution is -0.120. The first-order chi connectivity index (χ1) is 16.0. The summed E-state index contributed by atoms with van der Waals surface area (Å²) in [6, 6.07) is 18.1. The third kappa shape index (κ3) is 3.83. The van der Waals surface area contributed by atoms with Crippen molar-refractivity contribution in [3.63, 3.8) is 0 Å². The van der Waals surface area contributed by atoms with Gasteiger partial charge in [0.25, 0.3) is 11.8 Å². The summed E-state index contributed by atoms with van der Waals surface area (Å²) in [5.41, 5.74) is 1.93. The number of hydrogen-bond acceptors (Lipinski definition) is 5. The van der Waals surface area contributed by atoms with Gasteiger partial charge in [0.1, 0.15) is 11.7 Å². The topological polar surface area (TPSA) is 94.6 Å². The molecule has 8 nitrogen and oxygen atoms in total. The van der Waals surface area contributed by atoms with Crippen LogP contribution in [0.5, 0.6) is 0 Å². The average molecular weight is 462 g/mol. The number of amides is 4. The van der Waals surface area contributed by atoms with Gasteiger partial charge in [-0.15, -0.1) is 0 Å². The van der Waals surface area contributed by atoms with Crippen LogP contribution in [0, 0.1) is 0 Å². The molecule has 3 heterocycles. The summed E-state index contributed by atoms with van der Waals surface area (Å²) >= 11 is 6.47. The number of rotatable bonds is 4. The molecule has 2 fully saturated rings. The fourth-order valence-corrected chi connectivity index (χ4v) is 4.50. The Kier molecular flexibility index (Phi) is 5.53. The first-order valence-corrected chi connectivity index (χ1v) is 10.9. The maximum Gasteiger partial charge on any atom is 0.332 e. The number of urea groups is 1. The van der Waals surface area contributed by atoms with E-state index in [9.17, 15) is 14.4 Å². The molecule has 0 bridgehead atoms. The second-order valence-electron chi connectivity index (χ2n) is 7.80. The summed E-state index contributed by atoms with van der Waals surface area (Å²) in [5.74, 6) is -0.720. The van der Waals surface area contributed by atoms with Crippen molar-refractivity contribution in [3.05, 3.63) is 89.2 Å². The molecule has 166 valence electrons. The van der Waals surface area contributed by atoms with Gasteiger partial charge in [0.05, 0.1) is 16.8 Å². The summed E-state index contributed by atoms with van der Waals surface area (Å²) in [4.78, 5) is 45.7. The number of imide groups is 1. The molecule has 0 aliphatic carbocycles. The molecule has 0 saturated carbocycles. The van der Waals surface area contributed by atoms with Gasteiger partial charge in [-0.05, 0) is 35.9 Å². The van der Waals surface area contributed by atoms with E-state index in [1.807, 2.05) is 30.3 Å². The highest BCUT2D eigenvalue weighted by molar-refractivity contribution is 6.36. The zero-order chi connectivity index (χ0) is 22.9. The van der Waals surface area contributed by atoms with Crippen LogP contribution in [0.3, 0.4) is 0 Å². The number of carbonyl (C=O) groups is 3. The Morgan fingerprint density at radius 3 is 2.48 bits per heavy atom. The van der Waals surface area contributed by atoms with Crippen LogP contribution >= 0.6 is 11.6 Å². The number of carbonyl (C=O) groups excluding carboxylic acids is 3. The van der Waals surface area contributed by atoms with Crippen LogP contribution < -0.4 is 15.5 Å². The van der Waals surface area contributed by atoms with Gasteiger partial charge in [-0.1, -0.05) is 48.0 Å². The predicted octanol–water partition coefficient (Wildman–Crippen LogP) is 3.47. The Hall–Kier alpha value is -3.75. The first kappa shape index (κ1) is 21.1. The van der Waals surface area contributed by atoms with Crippen LogP contribution in [0.1, 0.15) is 22.1 Å². The van der Waals surface area contributed by atoms with Crippen LogP contribution in [0.2, 0.25) is 5.02 Å². The summed E-state index contributed by atoms with van der Waals surface area (Å²) in [6.45, 7) is 0.930. The molecule has 9 heteroatoms. The number of nitrogens with one attached hydrogen (secondary N) is 2. The number of piperazine rings is 1. The number of aromatic nitrogens is 1. The standard InChI is InChI=1S/C24H20ClN5O3/c25-17-12-16(28-22(31)18-8-4-5-11-27-18)9-10-19(17)30-23(32)21-14-26-13-20(29(21)24(30)33)15-6-2-1-3-7-15/h1-12,20-21,26H,13-14H2,(H,28,31). The van der Waals surface area contributed by atoms with E-state index in [1.54, 1.807) is 35.2 Å². The van der Waals surface area contributed by atoms with Crippen molar-refractivity contribution in [1.82, 2.24) is 15.2 Å². The molecule has 1 aromatic heterocycles. The van der Waals surface area contributed by atoms with Crippen LogP contribution in [-0.4, -0.2) is 46.9 Å². The minimum atomic E-state index is -0.615. The summed E-state index contributed by atoms with van der Waals surface area (Å²) in [5, 5.41) is 6.16. The maximum atomic E-state index is 13.4. The first-order valence-electron chi connectivity index (χ1n) is 10.5. The molecular formula is C24H20ClN5O3. The van der Waals surface area contributed by atoms with E-state index in [0.717, 1.165) is 10.5 Å². The number of hydrogen-bond donors (Lipinski definition) is 2. The minimum absolute atomic E-state index is 0.180. The largest absolute Gasteiger partial charge is 0.332 e. The molecule has 2 unspecified atom stereocenters. The molecule has 0 radical (unpaired) electrons. The van der Waals surface area contributed by atoms with Crippen molar-refractivity contribution in [2.45, 2.75) is 12.1 Å². The highest BCUT2D eigenvalue weighted by atomic mass is 35.5. The normalized spacial score (nSPS) is 20.0. The molecule has 5 rings (SSSR count). The van der Waals surface area contributed by atoms with Gasteiger partial charge in [0.2, 0.25) is 0 Å². The molecular weight excluding hydrogens is 442 g/mol. The van der Waals surface area contributed by atoms with E-state index < -0.39 is 12.1 Å². The lowest BCUT2D eigenvalue weighted by atomic mass is 10.0. The van der Waals surface area contributed by atoms with Crippen LogP contribution in [0.25, 0.3) is 0 Å². The van der Waals surface area contributed by atoms with Gasteiger partial charge in [0, 0.05) is 25.0 Å². The van der Waals surface area contributed by atoms with E-state index in [1.165, 1.54) is 12.3 Å². The smallest absolute Gasteiger partial charge is 0.321 e. The van der Waals surface area contributed by atoms with Crippen LogP contribution in [-0.2, 0) is 4.79 Å². The second-order valence-corrected chi connectivity index (χ2v) is 8.21. The number of anilines is 2. The summed E-state index contributed by atoms with van der Waals surface area (Å²) in [6.07, 6.45) is 1.53. The summed E-state index contributed by atoms with van der Waals surface area (Å²) in [7, 11) is 0. The molecule has 2 aliphatic rings. The Balaban J connectivity index is 1.41. The predicted molar refractivity (Wildman–Crippen MR) is 124 cm³/mol. The molecule has 2 saturated heterocycles. The molecule has 4 amide bonds. The number of pyridine rings is 1. The van der Waals surface area contributed by atoms with Crippen molar-refractivity contribution in [2.24, 2.45) is 0 Å². The molecule has 33 heavy (non-hydrogen) atoms. The third-order valence-corrected chi connectivity index (χ3v) is 6.10. The lowest BCUT2D eigenvalue weighted by Crippen LogP contribution is -2.52. The molecule has 3 aromatic rings. The SMILES string of the molecule is O=C(Nc1ccc(N2C(=O)C3CNCC(c4ccccc4)N3C2=O)c(Cl)c1)c1ccccn1. The van der Waals surface area contributed by atoms with Gasteiger partial charge >= 0.3 is 6.03 Å². The van der Waals surface area contributed by atoms with Gasteiger partial charge in [-0.3, -0.25) is 14.6 Å². The van der Waals surface area contributed by atoms with Crippen molar-refractivity contribution >= 4 is 40.8 Å². The Bertz CT molecular complexity index is 1220. The van der Waals surface area contributed by atoms with Crippen molar-refractivity contribution in [2.75, 3.05) is 23.3 Å². The molecule has 0 spiro atoms. The van der Waals surface area contributed by atoms with E-state index in [0.29, 0.717) is 18.8 Å². The van der Waals surface area contributed by atoms with E-state index in [-0.39, 0.29) is 34.3 Å². The maximum absolute atomic E-state index is 13.4. The Labute approximate surface area is 195 Å². The fourth-order valence-electron chi connectivity index (χ4n) is 4.24. The van der Waals surface area contributed by atoms with E-state index >= 15 is 0 Å². The quantitative estimate of drug-likeness (QED) is 0.580. The number of halogens is 1. The Morgan fingerprint density at radius 1 is 1.00 bits per heavy atom. The molecule has 2 aromatic carbocycles. The van der Waals surface area contributed by atoms with E-state index in [2.05, 4.69) is 15.6 Å². The third-order valence-electron chi connectivity index (χ3n) is 5.79. The van der Waals surface area contributed by atoms with Crippen LogP contribution in [0.4, 0.5) is 16.2 Å². The number of benzene rings is 2. The van der Waals surface area contributed by atoms with Gasteiger partial charge in [-0.25, -0.2) is 9.69 Å². The van der Waals surface area contributed by atoms with E-state index in [4.69, 9.17) is 11.6 Å². The highest BCUT2D eigenvalue weighted by Crippen LogP contribution is 2.37. The average Bonchev–Trinajstić information content (AvgIpc) is 3.10. The summed E-state index contributed by atoms with van der Waals surface area (Å²) < 4.78 is 0. The van der Waals surface area contributed by atoms with Crippen molar-refractivity contribution in [1.29, 1.82) is 0 Å². The monoisotopic (exact) mass is 461 g/mol. The molecule has 2 atom stereocenters. The van der Waals surface area contributed by atoms with Crippen molar-refractivity contribution < 1.29 is 14.4 Å². The number of nitrogens with zero attached hydrogens (tertiary/aromatic N) is 3. The lowest BCUT2D eigenvalue weighted by Gasteiger charge is -2.36. The van der Waals surface area contributed by atoms with Gasteiger partial charge < -0.3 is 15.5 Å². The number of fused-ring (bicyclic) bond motifs is 1. The zero-order valence-electron chi connectivity index (χ0n) is 17.4. The fraction of sp³-hybridized carbons (Fsp3) is 0.167. The highest BCUT2D eigenvalue weighted by Gasteiger charge is 2.51. The Morgan fingerprint density at radius 2 is 1.76 bits per heavy atom. The van der Waals surface area contributed by atoms with Crippen LogP contribution in [0.15, 0.2) is 72.9 Å².